The van der Waals surface area contributed by atoms with Gasteiger partial charge in [0, 0.05) is 43.6 Å². The molecule has 2 unspecified atom stereocenters. The normalized spacial score (nSPS) is 44.3. The third-order valence-corrected chi connectivity index (χ3v) is 29.6. The molecule has 17 nitrogen and oxygen atoms in total. The van der Waals surface area contributed by atoms with Crippen LogP contribution < -0.4 is 0 Å². The molecule has 526 valence electrons. The van der Waals surface area contributed by atoms with Crippen LogP contribution in [0.5, 0.6) is 0 Å². The number of hydrogen-bond acceptors (Lipinski definition) is 18. The van der Waals surface area contributed by atoms with Gasteiger partial charge in [-0.1, -0.05) is 93.7 Å². The Labute approximate surface area is 564 Å². The highest BCUT2D eigenvalue weighted by Gasteiger charge is 2.74. The van der Waals surface area contributed by atoms with Gasteiger partial charge in [-0.15, -0.1) is 0 Å². The number of fused-ring (bicyclic) bond motifs is 14. The second kappa shape index (κ2) is 28.5. The van der Waals surface area contributed by atoms with Gasteiger partial charge in [0.15, 0.2) is 18.8 Å². The number of carbonyl (C=O) groups excluding carboxylic acids is 3. The minimum absolute atomic E-state index is 0. The van der Waals surface area contributed by atoms with Gasteiger partial charge in [0.25, 0.3) is 20.2 Å². The predicted octanol–water partition coefficient (Wildman–Crippen LogP) is 14.2. The number of aliphatic hydroxyl groups is 2. The second-order valence-electron chi connectivity index (χ2n) is 32.1. The molecular weight excluding hydrogens is 1270 g/mol. The first-order valence-electron chi connectivity index (χ1n) is 33.8. The van der Waals surface area contributed by atoms with Crippen LogP contribution in [0.3, 0.4) is 0 Å². The monoisotopic (exact) mass is 1390 g/mol. The van der Waals surface area contributed by atoms with Crippen molar-refractivity contribution in [3.05, 3.63) is 24.3 Å². The van der Waals surface area contributed by atoms with E-state index in [1.807, 2.05) is 0 Å². The smallest absolute Gasteiger partial charge is 0.355 e. The molecule has 10 rings (SSSR count). The highest BCUT2D eigenvalue weighted by atomic mass is 32.6. The molecule has 10 aliphatic carbocycles. The Hall–Kier alpha value is -2.28. The maximum absolute atomic E-state index is 12.1. The summed E-state index contributed by atoms with van der Waals surface area (Å²) in [5.74, 6) is 1.82. The summed E-state index contributed by atoms with van der Waals surface area (Å²) in [7, 11) is -4.96. The van der Waals surface area contributed by atoms with Gasteiger partial charge >= 0.3 is 19.2 Å². The molecule has 3 N–H and O–H groups in total. The summed E-state index contributed by atoms with van der Waals surface area (Å²) in [6.07, 6.45) is 21.5. The van der Waals surface area contributed by atoms with Gasteiger partial charge in [-0.05, 0) is 237 Å². The molecule has 0 spiro atoms. The summed E-state index contributed by atoms with van der Waals surface area (Å²) in [4.78, 5) is 41.1. The zero-order valence-electron chi connectivity index (χ0n) is 57.5. The van der Waals surface area contributed by atoms with Crippen molar-refractivity contribution in [2.24, 2.45) is 124 Å². The van der Waals surface area contributed by atoms with Gasteiger partial charge in [0.1, 0.15) is 6.61 Å². The molecule has 0 aromatic heterocycles. The van der Waals surface area contributed by atoms with Crippen molar-refractivity contribution < 1.29 is 69.3 Å². The van der Waals surface area contributed by atoms with Crippen LogP contribution in [0, 0.1) is 113 Å². The van der Waals surface area contributed by atoms with E-state index in [4.69, 9.17) is 24.0 Å². The molecule has 0 bridgehead atoms. The van der Waals surface area contributed by atoms with Crippen LogP contribution in [-0.4, -0.2) is 115 Å². The number of esters is 2. The van der Waals surface area contributed by atoms with E-state index < -0.39 is 44.0 Å². The van der Waals surface area contributed by atoms with E-state index in [0.29, 0.717) is 36.7 Å². The number of ether oxygens (including phenoxy) is 2. The molecule has 0 aromatic carbocycles. The average molecular weight is 1390 g/mol. The van der Waals surface area contributed by atoms with Gasteiger partial charge in [0.05, 0.1) is 59.3 Å². The van der Waals surface area contributed by atoms with E-state index in [1.54, 1.807) is 0 Å². The predicted molar refractivity (Wildman–Crippen MR) is 372 cm³/mol. The summed E-state index contributed by atoms with van der Waals surface area (Å²) in [6.45, 7) is 32.1. The van der Waals surface area contributed by atoms with Gasteiger partial charge < -0.3 is 29.7 Å². The fourth-order valence-electron chi connectivity index (χ4n) is 24.1. The fourth-order valence-corrected chi connectivity index (χ4v) is 24.8. The lowest BCUT2D eigenvalue weighted by Crippen LogP contribution is -2.67. The Bertz CT molecular complexity index is 3130. The number of nitrogens with zero attached hydrogens (tertiary/aromatic N) is 2. The molecule has 22 heteroatoms. The van der Waals surface area contributed by atoms with Crippen LogP contribution in [0.25, 0.3) is 0 Å². The quantitative estimate of drug-likeness (QED) is 0.0262. The Morgan fingerprint density at radius 1 is 0.576 bits per heavy atom. The molecule has 0 heterocycles. The van der Waals surface area contributed by atoms with E-state index in [1.165, 1.54) is 20.8 Å². The van der Waals surface area contributed by atoms with Crippen molar-refractivity contribution in [3.8, 4) is 0 Å². The summed E-state index contributed by atoms with van der Waals surface area (Å²) in [5, 5.41) is 39.2. The molecule has 0 aliphatic heterocycles. The highest BCUT2D eigenvalue weighted by molar-refractivity contribution is 8.24. The summed E-state index contributed by atoms with van der Waals surface area (Å²) in [5.41, 5.74) is 2.08. The summed E-state index contributed by atoms with van der Waals surface area (Å²) >= 11 is 4.31. The summed E-state index contributed by atoms with van der Waals surface area (Å²) < 4.78 is 75.7. The molecule has 92 heavy (non-hydrogen) atoms. The third-order valence-electron chi connectivity index (χ3n) is 28.6. The van der Waals surface area contributed by atoms with Crippen LogP contribution >= 0.6 is 15.9 Å². The molecule has 22 atom stereocenters. The minimum Gasteiger partial charge on any atom is -0.465 e. The number of hydrogen-bond donors (Lipinski definition) is 3. The van der Waals surface area contributed by atoms with Crippen molar-refractivity contribution in [2.75, 3.05) is 52.2 Å². The van der Waals surface area contributed by atoms with Gasteiger partial charge in [-0.3, -0.25) is 18.0 Å². The van der Waals surface area contributed by atoms with E-state index in [2.05, 4.69) is 99.6 Å². The van der Waals surface area contributed by atoms with Crippen LogP contribution in [0.4, 0.5) is 0 Å². The Balaban J connectivity index is 0.000000278. The Kier molecular flexibility index (Phi) is 23.9. The van der Waals surface area contributed by atoms with Crippen molar-refractivity contribution >= 4 is 77.3 Å². The molecule has 10 fully saturated rings. The third kappa shape index (κ3) is 13.5. The molecular formula is C70H119N2O15P2S3+. The van der Waals surface area contributed by atoms with E-state index in [0.717, 1.165) is 157 Å². The molecule has 10 aliphatic rings. The number of aliphatic hydroxyl groups excluding tert-OH is 2. The molecule has 0 saturated heterocycles. The lowest BCUT2D eigenvalue weighted by atomic mass is 9.32. The van der Waals surface area contributed by atoms with E-state index in [9.17, 15) is 46.6 Å². The highest BCUT2D eigenvalue weighted by Crippen LogP contribution is 2.80. The zero-order valence-corrected chi connectivity index (χ0v) is 61.0. The largest absolute Gasteiger partial charge is 0.465 e. The first-order chi connectivity index (χ1) is 42.1. The first kappa shape index (κ1) is 77.1. The standard InChI is InChI=1S/C37H57NO9S.C31H51NO6S.2CH4.H2P2S/c1-23(20-46-48(9,42)43)27-12-17-37(22-45-25(3)40)19-18-35(7)28(32(27)37)10-11-30-33(5)15-14-31(38-47-26(4)41)34(6,21-44-24(2)39)29(33)13-16-36(30,35)8;1-20(17-38-39(6,36)37)21-9-14-31(19-34)16-15-29(4)22(26(21)31)7-8-24-27(2)12-11-25(32-35)28(3,18-33)23(27)10-13-30(24,29)5;;;1-2-3/h27-30,32H,1,10-22H2,2-9H3;21-24,26,33-35H,1,7-19H2,2-6H3;2*1H4;1H2/p+1/b;32-25-;;;/t27-,28+,29+,30+,32+,33-,34-,35+,36+,37+;21-,22+,23+,24+,26+,27-,28-,29+,30+,31+;;;/m00.../s1/i/hT. The molecule has 0 aromatic rings. The second-order valence-corrected chi connectivity index (χ2v) is 38.2. The molecule has 0 radical (unpaired) electrons. The number of carbonyl (C=O) groups is 3. The van der Waals surface area contributed by atoms with Crippen LogP contribution in [0.15, 0.2) is 34.6 Å². The van der Waals surface area contributed by atoms with E-state index in [-0.39, 0.29) is 139 Å². The van der Waals surface area contributed by atoms with E-state index >= 15 is 0 Å². The SMILES string of the molecule is C.C.C=C(COS(C)(=O)=O)[C@@H]1CC[C@]2(CO)CC[C@]3(C)[C@H](CC[C@@H]4[C@@]5(C)CC/C(=N/O)[C@@](C)(CO)[C@@H]5CC[C@]43C)[C@@H]12.C=C(COS(C)(=O)=O)[C@@H]1CC[C@]2(COC(C)=O)CC[C@]3(C)[C@H](CC[C@@H]4[C@@]5(C)CCC(=NOC(C)=O)[C@@](C)(COC(C)=O)[C@@H]5CC[C@]43C)[C@@H]12.[3H][P+](P)=S. The number of oxime groups is 2. The van der Waals surface area contributed by atoms with Gasteiger partial charge in [-0.2, -0.15) is 16.8 Å². The minimum atomic E-state index is -3.62. The maximum atomic E-state index is 12.1. The van der Waals surface area contributed by atoms with Gasteiger partial charge in [0.2, 0.25) is 0 Å². The van der Waals surface area contributed by atoms with Crippen LogP contribution in [0.2, 0.25) is 0 Å². The van der Waals surface area contributed by atoms with Crippen molar-refractivity contribution in [1.29, 1.82) is 1.28 Å². The number of rotatable bonds is 15. The summed E-state index contributed by atoms with van der Waals surface area (Å²) in [6, 6.07) is 0. The van der Waals surface area contributed by atoms with Crippen LogP contribution in [-0.2, 0) is 69.1 Å². The topological polar surface area (TPSA) is 251 Å². The fraction of sp³-hybridized carbons (Fsp3) is 0.871. The zero-order chi connectivity index (χ0) is 67.7. The average Bonchev–Trinajstić information content (AvgIpc) is 1.52. The lowest BCUT2D eigenvalue weighted by Gasteiger charge is -2.72. The molecule has 10 saturated carbocycles. The molecule has 0 amide bonds. The Morgan fingerprint density at radius 3 is 1.40 bits per heavy atom. The lowest BCUT2D eigenvalue weighted by molar-refractivity contribution is -0.234. The Morgan fingerprint density at radius 2 is 0.989 bits per heavy atom. The van der Waals surface area contributed by atoms with Crippen molar-refractivity contribution in [1.82, 2.24) is 0 Å². The first-order valence-corrected chi connectivity index (χ1v) is 40.5. The van der Waals surface area contributed by atoms with Crippen molar-refractivity contribution in [2.45, 2.75) is 219 Å². The maximum Gasteiger partial charge on any atom is 0.355 e. The van der Waals surface area contributed by atoms with Crippen LogP contribution in [0.1, 0.15) is 219 Å². The van der Waals surface area contributed by atoms with Gasteiger partial charge in [-0.25, -0.2) is 4.79 Å². The van der Waals surface area contributed by atoms with Crippen molar-refractivity contribution in [3.63, 3.8) is 0 Å².